The molecule has 2 aromatic carbocycles. The number of hydrogen-bond acceptors (Lipinski definition) is 9. The van der Waals surface area contributed by atoms with Crippen LogP contribution in [-0.4, -0.2) is 48.1 Å². The Morgan fingerprint density at radius 2 is 1.82 bits per heavy atom. The smallest absolute Gasteiger partial charge is 0.350 e. The van der Waals surface area contributed by atoms with Gasteiger partial charge in [-0.2, -0.15) is 0 Å². The second-order valence-electron chi connectivity index (χ2n) is 9.27. The van der Waals surface area contributed by atoms with Gasteiger partial charge in [-0.05, 0) is 50.1 Å². The van der Waals surface area contributed by atoms with Gasteiger partial charge in [0.15, 0.2) is 5.13 Å². The summed E-state index contributed by atoms with van der Waals surface area (Å²) in [5.74, 6) is -1.30. The van der Waals surface area contributed by atoms with Crippen LogP contribution >= 0.6 is 11.3 Å². The van der Waals surface area contributed by atoms with Crippen LogP contribution in [0.4, 0.5) is 5.13 Å². The summed E-state index contributed by atoms with van der Waals surface area (Å²) in [4.78, 5) is 45.3. The number of para-hydroxylation sites is 1. The van der Waals surface area contributed by atoms with Gasteiger partial charge in [0, 0.05) is 11.1 Å². The first kappa shape index (κ1) is 27.8. The van der Waals surface area contributed by atoms with Gasteiger partial charge in [0.2, 0.25) is 0 Å². The van der Waals surface area contributed by atoms with Gasteiger partial charge in [-0.1, -0.05) is 43.4 Å². The first-order valence-electron chi connectivity index (χ1n) is 12.5. The van der Waals surface area contributed by atoms with Gasteiger partial charge >= 0.3 is 11.9 Å². The topological polar surface area (TPSA) is 115 Å². The minimum absolute atomic E-state index is 0.120. The van der Waals surface area contributed by atoms with Gasteiger partial charge in [0.25, 0.3) is 5.78 Å². The molecule has 1 atom stereocenters. The number of hydrogen-bond donors (Lipinski definition) is 1. The molecule has 39 heavy (non-hydrogen) atoms. The number of anilines is 1. The lowest BCUT2D eigenvalue weighted by atomic mass is 9.94. The van der Waals surface area contributed by atoms with Crippen LogP contribution in [0, 0.1) is 12.8 Å². The van der Waals surface area contributed by atoms with Crippen LogP contribution in [0.5, 0.6) is 11.5 Å². The number of ether oxygens (including phenoxy) is 3. The summed E-state index contributed by atoms with van der Waals surface area (Å²) in [7, 11) is 1.48. The van der Waals surface area contributed by atoms with E-state index in [2.05, 4.69) is 4.98 Å². The largest absolute Gasteiger partial charge is 0.507 e. The zero-order chi connectivity index (χ0) is 28.3. The summed E-state index contributed by atoms with van der Waals surface area (Å²) in [6.07, 6.45) is 0. The molecule has 0 aliphatic carbocycles. The molecule has 204 valence electrons. The normalized spacial score (nSPS) is 16.6. The molecule has 1 saturated heterocycles. The molecule has 10 heteroatoms. The van der Waals surface area contributed by atoms with Crippen molar-refractivity contribution in [2.75, 3.05) is 25.2 Å². The van der Waals surface area contributed by atoms with Crippen molar-refractivity contribution in [1.29, 1.82) is 0 Å². The van der Waals surface area contributed by atoms with Gasteiger partial charge in [0.05, 0.1) is 31.6 Å². The van der Waals surface area contributed by atoms with Crippen LogP contribution in [0.3, 0.4) is 0 Å². The van der Waals surface area contributed by atoms with Gasteiger partial charge in [0.1, 0.15) is 28.2 Å². The van der Waals surface area contributed by atoms with Crippen LogP contribution in [-0.2, 0) is 14.3 Å². The highest BCUT2D eigenvalue weighted by Crippen LogP contribution is 2.46. The first-order valence-corrected chi connectivity index (χ1v) is 13.3. The highest BCUT2D eigenvalue weighted by molar-refractivity contribution is 7.17. The Morgan fingerprint density at radius 1 is 1.13 bits per heavy atom. The number of aryl methyl sites for hydroxylation is 1. The number of Topliss-reactive ketones (excluding diaryl/α,β-unsaturated/α-hetero) is 1. The van der Waals surface area contributed by atoms with E-state index in [0.29, 0.717) is 40.8 Å². The minimum atomic E-state index is -1.06. The molecule has 0 spiro atoms. The molecule has 1 aliphatic rings. The van der Waals surface area contributed by atoms with E-state index in [1.807, 2.05) is 13.8 Å². The van der Waals surface area contributed by atoms with E-state index in [1.54, 1.807) is 62.4 Å². The third-order valence-electron chi connectivity index (χ3n) is 6.04. The van der Waals surface area contributed by atoms with Crippen molar-refractivity contribution in [1.82, 2.24) is 4.98 Å². The number of rotatable bonds is 9. The molecule has 1 aliphatic heterocycles. The molecular weight excluding hydrogens is 520 g/mol. The minimum Gasteiger partial charge on any atom is -0.507 e. The van der Waals surface area contributed by atoms with Crippen LogP contribution in [0.1, 0.15) is 53.3 Å². The maximum Gasteiger partial charge on any atom is 0.350 e. The number of amides is 1. The Morgan fingerprint density at radius 3 is 2.46 bits per heavy atom. The number of carbonyl (C=O) groups is 3. The van der Waals surface area contributed by atoms with Crippen molar-refractivity contribution >= 4 is 39.9 Å². The Hall–Kier alpha value is -4.18. The zero-order valence-electron chi connectivity index (χ0n) is 22.4. The third-order valence-corrected chi connectivity index (χ3v) is 7.18. The van der Waals surface area contributed by atoms with Crippen molar-refractivity contribution in [2.24, 2.45) is 5.92 Å². The summed E-state index contributed by atoms with van der Waals surface area (Å²) in [6, 6.07) is 12.5. The predicted octanol–water partition coefficient (Wildman–Crippen LogP) is 5.30. The molecule has 0 saturated carbocycles. The van der Waals surface area contributed by atoms with Gasteiger partial charge in [-0.15, -0.1) is 0 Å². The molecule has 0 bridgehead atoms. The number of ketones is 1. The number of esters is 1. The van der Waals surface area contributed by atoms with Crippen LogP contribution in [0.25, 0.3) is 5.76 Å². The standard InChI is InChI=1S/C29H30N2O7S/c1-6-37-28(35)26-17(4)30-29(39-26)31-23(20-9-7-8-10-21(20)36-5)22(25(33)27(31)34)24(32)18-11-13-19(14-12-18)38-15-16(2)3/h7-14,16,23,32H,6,15H2,1-5H3/b24-22+. The first-order chi connectivity index (χ1) is 18.7. The third kappa shape index (κ3) is 5.51. The van der Waals surface area contributed by atoms with Crippen molar-refractivity contribution < 1.29 is 33.7 Å². The summed E-state index contributed by atoms with van der Waals surface area (Å²) < 4.78 is 16.4. The number of carbonyl (C=O) groups excluding carboxylic acids is 3. The molecule has 1 unspecified atom stereocenters. The van der Waals surface area contributed by atoms with E-state index in [-0.39, 0.29) is 27.9 Å². The van der Waals surface area contributed by atoms with E-state index in [9.17, 15) is 19.5 Å². The Labute approximate surface area is 230 Å². The van der Waals surface area contributed by atoms with Crippen molar-refractivity contribution in [2.45, 2.75) is 33.7 Å². The molecule has 0 radical (unpaired) electrons. The Kier molecular flexibility index (Phi) is 8.35. The molecule has 1 N–H and O–H groups in total. The average Bonchev–Trinajstić information content (AvgIpc) is 3.43. The van der Waals surface area contributed by atoms with E-state index >= 15 is 0 Å². The molecular formula is C29H30N2O7S. The molecule has 1 aromatic heterocycles. The van der Waals surface area contributed by atoms with Crippen molar-refractivity contribution in [3.63, 3.8) is 0 Å². The quantitative estimate of drug-likeness (QED) is 0.165. The fourth-order valence-corrected chi connectivity index (χ4v) is 5.20. The second-order valence-corrected chi connectivity index (χ2v) is 10.2. The van der Waals surface area contributed by atoms with Crippen molar-refractivity contribution in [3.8, 4) is 11.5 Å². The molecule has 1 amide bonds. The van der Waals surface area contributed by atoms with E-state index < -0.39 is 23.7 Å². The predicted molar refractivity (Wildman–Crippen MR) is 147 cm³/mol. The lowest BCUT2D eigenvalue weighted by molar-refractivity contribution is -0.132. The maximum absolute atomic E-state index is 13.5. The number of aromatic nitrogens is 1. The van der Waals surface area contributed by atoms with Gasteiger partial charge < -0.3 is 19.3 Å². The molecule has 2 heterocycles. The van der Waals surface area contributed by atoms with Crippen LogP contribution in [0.2, 0.25) is 0 Å². The summed E-state index contributed by atoms with van der Waals surface area (Å²) in [5, 5.41) is 11.5. The number of benzene rings is 2. The fraction of sp³-hybridized carbons (Fsp3) is 0.310. The highest BCUT2D eigenvalue weighted by Gasteiger charge is 2.49. The summed E-state index contributed by atoms with van der Waals surface area (Å²) >= 11 is 0.947. The molecule has 9 nitrogen and oxygen atoms in total. The Balaban J connectivity index is 1.86. The number of nitrogens with zero attached hydrogens (tertiary/aromatic N) is 2. The van der Waals surface area contributed by atoms with Crippen LogP contribution < -0.4 is 14.4 Å². The van der Waals surface area contributed by atoms with E-state index in [1.165, 1.54) is 12.0 Å². The molecule has 4 rings (SSSR count). The Bertz CT molecular complexity index is 1430. The maximum atomic E-state index is 13.5. The summed E-state index contributed by atoms with van der Waals surface area (Å²) in [5.41, 5.74) is 1.06. The lowest BCUT2D eigenvalue weighted by Crippen LogP contribution is -2.29. The van der Waals surface area contributed by atoms with Crippen LogP contribution in [0.15, 0.2) is 54.1 Å². The highest BCUT2D eigenvalue weighted by atomic mass is 32.1. The summed E-state index contributed by atoms with van der Waals surface area (Å²) in [6.45, 7) is 8.11. The number of methoxy groups -OCH3 is 1. The molecule has 1 fully saturated rings. The lowest BCUT2D eigenvalue weighted by Gasteiger charge is -2.24. The zero-order valence-corrected chi connectivity index (χ0v) is 23.2. The average molecular weight is 551 g/mol. The number of aliphatic hydroxyl groups is 1. The van der Waals surface area contributed by atoms with E-state index in [4.69, 9.17) is 14.2 Å². The van der Waals surface area contributed by atoms with Gasteiger partial charge in [-0.3, -0.25) is 14.5 Å². The van der Waals surface area contributed by atoms with Gasteiger partial charge in [-0.25, -0.2) is 9.78 Å². The number of aliphatic hydroxyl groups excluding tert-OH is 1. The molecule has 3 aromatic rings. The van der Waals surface area contributed by atoms with Crippen molar-refractivity contribution in [3.05, 3.63) is 75.8 Å². The monoisotopic (exact) mass is 550 g/mol. The SMILES string of the molecule is CCOC(=O)c1sc(N2C(=O)C(=O)/C(=C(/O)c3ccc(OCC(C)C)cc3)C2c2ccccc2OC)nc1C. The fourth-order valence-electron chi connectivity index (χ4n) is 4.22. The number of thiazole rings is 1. The second kappa shape index (κ2) is 11.7. The van der Waals surface area contributed by atoms with E-state index in [0.717, 1.165) is 11.3 Å².